The topological polar surface area (TPSA) is 37.8 Å². The van der Waals surface area contributed by atoms with E-state index in [-0.39, 0.29) is 0 Å². The first-order valence-electron chi connectivity index (χ1n) is 6.93. The molecule has 0 radical (unpaired) electrons. The van der Waals surface area contributed by atoms with Crippen molar-refractivity contribution in [2.24, 2.45) is 5.92 Å². The van der Waals surface area contributed by atoms with E-state index in [1.54, 1.807) is 0 Å². The van der Waals surface area contributed by atoms with Crippen LogP contribution in [0.5, 0.6) is 0 Å². The monoisotopic (exact) mass is 231 g/mol. The average Bonchev–Trinajstić information content (AvgIpc) is 3.13. The summed E-state index contributed by atoms with van der Waals surface area (Å²) in [6, 6.07) is 0. The molecule has 92 valence electrons. The molecule has 1 N–H and O–H groups in total. The zero-order valence-corrected chi connectivity index (χ0v) is 10.6. The molecule has 0 amide bonds. The largest absolute Gasteiger partial charge is 0.370 e. The summed E-state index contributed by atoms with van der Waals surface area (Å²) in [4.78, 5) is 9.16. The molecule has 0 atom stereocenters. The zero-order chi connectivity index (χ0) is 11.7. The third-order valence-electron chi connectivity index (χ3n) is 3.84. The first kappa shape index (κ1) is 11.0. The molecule has 3 heteroatoms. The van der Waals surface area contributed by atoms with E-state index in [1.807, 2.05) is 6.92 Å². The lowest BCUT2D eigenvalue weighted by atomic mass is 9.96. The van der Waals surface area contributed by atoms with Gasteiger partial charge in [0, 0.05) is 17.8 Å². The number of hydrogen-bond acceptors (Lipinski definition) is 3. The van der Waals surface area contributed by atoms with Crippen molar-refractivity contribution >= 4 is 5.82 Å². The molecule has 0 aliphatic heterocycles. The highest BCUT2D eigenvalue weighted by molar-refractivity contribution is 5.47. The van der Waals surface area contributed by atoms with E-state index in [0.717, 1.165) is 36.9 Å². The summed E-state index contributed by atoms with van der Waals surface area (Å²) in [5.74, 6) is 3.02. The van der Waals surface area contributed by atoms with Gasteiger partial charge < -0.3 is 5.32 Å². The van der Waals surface area contributed by atoms with Crippen molar-refractivity contribution in [3.63, 3.8) is 0 Å². The predicted octanol–water partition coefficient (Wildman–Crippen LogP) is 2.88. The molecule has 0 aromatic carbocycles. The molecule has 1 fully saturated rings. The van der Waals surface area contributed by atoms with E-state index in [0.29, 0.717) is 0 Å². The summed E-state index contributed by atoms with van der Waals surface area (Å²) in [5, 5.41) is 3.53. The number of nitrogens with zero attached hydrogens (tertiary/aromatic N) is 2. The highest BCUT2D eigenvalue weighted by Crippen LogP contribution is 2.32. The summed E-state index contributed by atoms with van der Waals surface area (Å²) >= 11 is 0. The van der Waals surface area contributed by atoms with Crippen LogP contribution in [0.1, 0.15) is 49.2 Å². The smallest absolute Gasteiger partial charge is 0.133 e. The second-order valence-electron chi connectivity index (χ2n) is 5.41. The van der Waals surface area contributed by atoms with Gasteiger partial charge in [0.1, 0.15) is 11.6 Å². The minimum atomic E-state index is 0.916. The summed E-state index contributed by atoms with van der Waals surface area (Å²) < 4.78 is 0. The Morgan fingerprint density at radius 1 is 1.18 bits per heavy atom. The molecular formula is C14H21N3. The first-order chi connectivity index (χ1) is 8.33. The Hall–Kier alpha value is -1.12. The van der Waals surface area contributed by atoms with Gasteiger partial charge in [-0.25, -0.2) is 9.97 Å². The van der Waals surface area contributed by atoms with Crippen molar-refractivity contribution in [2.75, 3.05) is 11.9 Å². The van der Waals surface area contributed by atoms with Crippen molar-refractivity contribution < 1.29 is 0 Å². The summed E-state index contributed by atoms with van der Waals surface area (Å²) in [6.45, 7) is 3.08. The van der Waals surface area contributed by atoms with Crippen LogP contribution in [0, 0.1) is 12.8 Å². The highest BCUT2D eigenvalue weighted by atomic mass is 15.0. The molecule has 2 aliphatic carbocycles. The van der Waals surface area contributed by atoms with Gasteiger partial charge in [-0.15, -0.1) is 0 Å². The minimum Gasteiger partial charge on any atom is -0.370 e. The predicted molar refractivity (Wildman–Crippen MR) is 69.2 cm³/mol. The standard InChI is InChI=1S/C14H21N3/c1-10-16-13-5-3-2-4-12(13)14(17-10)15-9-8-11-6-7-11/h11H,2-9H2,1H3,(H,15,16,17). The Morgan fingerprint density at radius 3 is 2.82 bits per heavy atom. The van der Waals surface area contributed by atoms with Crippen LogP contribution in [0.15, 0.2) is 0 Å². The van der Waals surface area contributed by atoms with Gasteiger partial charge in [0.05, 0.1) is 0 Å². The molecule has 17 heavy (non-hydrogen) atoms. The van der Waals surface area contributed by atoms with Gasteiger partial charge in [0.15, 0.2) is 0 Å². The van der Waals surface area contributed by atoms with E-state index in [4.69, 9.17) is 0 Å². The van der Waals surface area contributed by atoms with Crippen LogP contribution in [-0.4, -0.2) is 16.5 Å². The lowest BCUT2D eigenvalue weighted by molar-refractivity contribution is 0.657. The molecule has 1 aromatic rings. The Kier molecular flexibility index (Phi) is 3.00. The van der Waals surface area contributed by atoms with Crippen LogP contribution in [0.3, 0.4) is 0 Å². The second kappa shape index (κ2) is 4.63. The lowest BCUT2D eigenvalue weighted by Crippen LogP contribution is -2.14. The van der Waals surface area contributed by atoms with Crippen LogP contribution >= 0.6 is 0 Å². The normalized spacial score (nSPS) is 18.9. The third kappa shape index (κ3) is 2.59. The molecular weight excluding hydrogens is 210 g/mol. The molecule has 2 aliphatic rings. The number of anilines is 1. The lowest BCUT2D eigenvalue weighted by Gasteiger charge is -2.19. The van der Waals surface area contributed by atoms with Crippen LogP contribution in [0.2, 0.25) is 0 Å². The maximum absolute atomic E-state index is 4.58. The maximum atomic E-state index is 4.58. The molecule has 0 spiro atoms. The molecule has 0 bridgehead atoms. The van der Waals surface area contributed by atoms with E-state index in [2.05, 4.69) is 15.3 Å². The van der Waals surface area contributed by atoms with Gasteiger partial charge in [0.25, 0.3) is 0 Å². The maximum Gasteiger partial charge on any atom is 0.133 e. The fraction of sp³-hybridized carbons (Fsp3) is 0.714. The molecule has 3 rings (SSSR count). The molecule has 1 saturated carbocycles. The molecule has 3 nitrogen and oxygen atoms in total. The van der Waals surface area contributed by atoms with Crippen molar-refractivity contribution in [3.8, 4) is 0 Å². The van der Waals surface area contributed by atoms with Crippen LogP contribution < -0.4 is 5.32 Å². The van der Waals surface area contributed by atoms with Crippen molar-refractivity contribution in [2.45, 2.75) is 51.9 Å². The van der Waals surface area contributed by atoms with Crippen LogP contribution in [-0.2, 0) is 12.8 Å². The van der Waals surface area contributed by atoms with Gasteiger partial charge in [-0.1, -0.05) is 12.8 Å². The van der Waals surface area contributed by atoms with E-state index < -0.39 is 0 Å². The fourth-order valence-electron chi connectivity index (χ4n) is 2.66. The number of hydrogen-bond donors (Lipinski definition) is 1. The van der Waals surface area contributed by atoms with Crippen molar-refractivity contribution in [1.29, 1.82) is 0 Å². The van der Waals surface area contributed by atoms with Gasteiger partial charge in [0.2, 0.25) is 0 Å². The fourth-order valence-corrected chi connectivity index (χ4v) is 2.66. The van der Waals surface area contributed by atoms with Gasteiger partial charge in [-0.3, -0.25) is 0 Å². The number of nitrogens with one attached hydrogen (secondary N) is 1. The quantitative estimate of drug-likeness (QED) is 0.866. The Bertz CT molecular complexity index is 410. The van der Waals surface area contributed by atoms with Gasteiger partial charge >= 0.3 is 0 Å². The van der Waals surface area contributed by atoms with E-state index in [1.165, 1.54) is 43.4 Å². The molecule has 1 aromatic heterocycles. The summed E-state index contributed by atoms with van der Waals surface area (Å²) in [7, 11) is 0. The number of fused-ring (bicyclic) bond motifs is 1. The van der Waals surface area contributed by atoms with Crippen LogP contribution in [0.25, 0.3) is 0 Å². The Balaban J connectivity index is 1.73. The average molecular weight is 231 g/mol. The molecule has 0 unspecified atom stereocenters. The molecule has 1 heterocycles. The number of aryl methyl sites for hydroxylation is 2. The number of rotatable bonds is 4. The molecule has 0 saturated heterocycles. The first-order valence-corrected chi connectivity index (χ1v) is 6.93. The Morgan fingerprint density at radius 2 is 2.00 bits per heavy atom. The Labute approximate surface area is 103 Å². The van der Waals surface area contributed by atoms with Crippen molar-refractivity contribution in [1.82, 2.24) is 9.97 Å². The summed E-state index contributed by atoms with van der Waals surface area (Å²) in [5.41, 5.74) is 2.68. The van der Waals surface area contributed by atoms with E-state index >= 15 is 0 Å². The summed E-state index contributed by atoms with van der Waals surface area (Å²) in [6.07, 6.45) is 9.03. The van der Waals surface area contributed by atoms with E-state index in [9.17, 15) is 0 Å². The van der Waals surface area contributed by atoms with Gasteiger partial charge in [-0.2, -0.15) is 0 Å². The van der Waals surface area contributed by atoms with Crippen molar-refractivity contribution in [3.05, 3.63) is 17.1 Å². The third-order valence-corrected chi connectivity index (χ3v) is 3.84. The van der Waals surface area contributed by atoms with Crippen LogP contribution in [0.4, 0.5) is 5.82 Å². The second-order valence-corrected chi connectivity index (χ2v) is 5.41. The highest BCUT2D eigenvalue weighted by Gasteiger charge is 2.21. The minimum absolute atomic E-state index is 0.916. The zero-order valence-electron chi connectivity index (χ0n) is 10.6. The van der Waals surface area contributed by atoms with Gasteiger partial charge in [-0.05, 0) is 44.9 Å². The SMILES string of the molecule is Cc1nc2c(c(NCCC3CC3)n1)CCCC2. The number of aromatic nitrogens is 2.